The van der Waals surface area contributed by atoms with Crippen LogP contribution in [0.1, 0.15) is 36.0 Å². The summed E-state index contributed by atoms with van der Waals surface area (Å²) in [6, 6.07) is 13.9. The normalized spacial score (nSPS) is 19.1. The number of non-ortho nitro benzene ring substituents is 1. The molecule has 28 heavy (non-hydrogen) atoms. The van der Waals surface area contributed by atoms with Crippen molar-refractivity contribution in [2.45, 2.75) is 26.2 Å². The number of hydrogen-bond acceptors (Lipinski definition) is 5. The number of allylic oxidation sites excluding steroid dienone is 2. The van der Waals surface area contributed by atoms with E-state index in [1.54, 1.807) is 19.1 Å². The second kappa shape index (κ2) is 8.17. The Kier molecular flexibility index (Phi) is 5.68. The Balaban J connectivity index is 1.99. The van der Waals surface area contributed by atoms with Crippen molar-refractivity contribution in [3.8, 4) is 0 Å². The molecule has 0 spiro atoms. The minimum absolute atomic E-state index is 0.00836. The number of esters is 1. The summed E-state index contributed by atoms with van der Waals surface area (Å²) in [5.41, 5.74) is 3.46. The van der Waals surface area contributed by atoms with Crippen molar-refractivity contribution >= 4 is 23.0 Å². The van der Waals surface area contributed by atoms with Gasteiger partial charge in [0.1, 0.15) is 5.92 Å². The van der Waals surface area contributed by atoms with Gasteiger partial charge in [-0.1, -0.05) is 29.8 Å². The predicted octanol–water partition coefficient (Wildman–Crippen LogP) is 4.22. The number of carbonyl (C=O) groups excluding carboxylic acids is 2. The number of carbonyl (C=O) groups is 2. The molecule has 0 unspecified atom stereocenters. The maximum atomic E-state index is 12.8. The number of rotatable bonds is 5. The number of aryl methyl sites for hydroxylation is 1. The minimum atomic E-state index is -0.885. The average Bonchev–Trinajstić information content (AvgIpc) is 2.68. The molecule has 0 fully saturated rings. The summed E-state index contributed by atoms with van der Waals surface area (Å²) in [6.45, 7) is 3.90. The van der Waals surface area contributed by atoms with E-state index < -0.39 is 16.8 Å². The van der Waals surface area contributed by atoms with Crippen molar-refractivity contribution in [2.24, 2.45) is 5.92 Å². The second-order valence-corrected chi connectivity index (χ2v) is 6.83. The number of ketones is 1. The van der Waals surface area contributed by atoms with Crippen LogP contribution in [0.3, 0.4) is 0 Å². The molecule has 2 aromatic rings. The van der Waals surface area contributed by atoms with Gasteiger partial charge in [-0.3, -0.25) is 19.7 Å². The van der Waals surface area contributed by atoms with Crippen molar-refractivity contribution < 1.29 is 19.2 Å². The molecule has 6 heteroatoms. The Hall–Kier alpha value is -3.28. The first-order valence-electron chi connectivity index (χ1n) is 9.13. The Bertz CT molecular complexity index is 928. The molecule has 0 radical (unpaired) electrons. The molecule has 1 aliphatic rings. The molecule has 144 valence electrons. The van der Waals surface area contributed by atoms with E-state index in [-0.39, 0.29) is 24.0 Å². The number of benzene rings is 2. The van der Waals surface area contributed by atoms with Crippen molar-refractivity contribution in [2.75, 3.05) is 6.61 Å². The summed E-state index contributed by atoms with van der Waals surface area (Å²) in [7, 11) is 0. The highest BCUT2D eigenvalue weighted by atomic mass is 16.6. The Morgan fingerprint density at radius 3 is 2.36 bits per heavy atom. The van der Waals surface area contributed by atoms with Crippen LogP contribution in [0.25, 0.3) is 5.57 Å². The highest BCUT2D eigenvalue weighted by molar-refractivity contribution is 6.10. The van der Waals surface area contributed by atoms with Crippen LogP contribution in [0, 0.1) is 23.0 Å². The zero-order valence-corrected chi connectivity index (χ0v) is 15.8. The topological polar surface area (TPSA) is 86.5 Å². The van der Waals surface area contributed by atoms with E-state index in [9.17, 15) is 19.7 Å². The number of nitrogens with zero attached hydrogens (tertiary/aromatic N) is 1. The summed E-state index contributed by atoms with van der Waals surface area (Å²) in [5.74, 6) is -2.05. The predicted molar refractivity (Wildman–Crippen MR) is 105 cm³/mol. The first-order chi connectivity index (χ1) is 13.4. The molecule has 0 N–H and O–H groups in total. The SMILES string of the molecule is CCOC(=O)[C@H]1C(=O)C=C(c2ccc([N+](=O)[O-])cc2)C[C@@H]1c1ccc(C)cc1. The van der Waals surface area contributed by atoms with Gasteiger partial charge in [-0.15, -0.1) is 0 Å². The third kappa shape index (κ3) is 4.01. The Morgan fingerprint density at radius 2 is 1.79 bits per heavy atom. The summed E-state index contributed by atoms with van der Waals surface area (Å²) >= 11 is 0. The number of ether oxygens (including phenoxy) is 1. The maximum Gasteiger partial charge on any atom is 0.317 e. The molecule has 2 aromatic carbocycles. The zero-order valence-electron chi connectivity index (χ0n) is 15.8. The molecule has 0 bridgehead atoms. The molecule has 0 aromatic heterocycles. The third-order valence-electron chi connectivity index (χ3n) is 4.96. The van der Waals surface area contributed by atoms with Gasteiger partial charge in [-0.2, -0.15) is 0 Å². The molecule has 3 rings (SSSR count). The lowest BCUT2D eigenvalue weighted by Crippen LogP contribution is -2.34. The summed E-state index contributed by atoms with van der Waals surface area (Å²) in [6.07, 6.45) is 1.93. The molecule has 0 saturated carbocycles. The quantitative estimate of drug-likeness (QED) is 0.336. The molecular formula is C22H21NO5. The lowest BCUT2D eigenvalue weighted by atomic mass is 9.73. The van der Waals surface area contributed by atoms with Gasteiger partial charge < -0.3 is 4.74 Å². The average molecular weight is 379 g/mol. The monoisotopic (exact) mass is 379 g/mol. The van der Waals surface area contributed by atoms with Gasteiger partial charge in [0.05, 0.1) is 11.5 Å². The first-order valence-corrected chi connectivity index (χ1v) is 9.13. The van der Waals surface area contributed by atoms with E-state index in [1.807, 2.05) is 31.2 Å². The summed E-state index contributed by atoms with van der Waals surface area (Å²) < 4.78 is 5.15. The summed E-state index contributed by atoms with van der Waals surface area (Å²) in [5, 5.41) is 10.9. The van der Waals surface area contributed by atoms with Gasteiger partial charge in [0.15, 0.2) is 5.78 Å². The fourth-order valence-corrected chi connectivity index (χ4v) is 3.51. The second-order valence-electron chi connectivity index (χ2n) is 6.83. The van der Waals surface area contributed by atoms with Crippen molar-refractivity contribution in [1.29, 1.82) is 0 Å². The van der Waals surface area contributed by atoms with Crippen LogP contribution in [0.5, 0.6) is 0 Å². The van der Waals surface area contributed by atoms with Gasteiger partial charge in [0.25, 0.3) is 5.69 Å². The van der Waals surface area contributed by atoms with Gasteiger partial charge >= 0.3 is 5.97 Å². The van der Waals surface area contributed by atoms with E-state index in [1.165, 1.54) is 18.2 Å². The van der Waals surface area contributed by atoms with E-state index in [0.717, 1.165) is 22.3 Å². The smallest absolute Gasteiger partial charge is 0.317 e. The number of nitro groups is 1. The fourth-order valence-electron chi connectivity index (χ4n) is 3.51. The molecular weight excluding hydrogens is 358 g/mol. The van der Waals surface area contributed by atoms with Crippen LogP contribution in [-0.2, 0) is 14.3 Å². The highest BCUT2D eigenvalue weighted by Gasteiger charge is 2.39. The van der Waals surface area contributed by atoms with Crippen LogP contribution in [0.15, 0.2) is 54.6 Å². The van der Waals surface area contributed by atoms with E-state index in [4.69, 9.17) is 4.74 Å². The van der Waals surface area contributed by atoms with Crippen LogP contribution in [0.2, 0.25) is 0 Å². The Labute approximate surface area is 163 Å². The molecule has 2 atom stereocenters. The Morgan fingerprint density at radius 1 is 1.14 bits per heavy atom. The van der Waals surface area contributed by atoms with Gasteiger partial charge in [-0.05, 0) is 55.2 Å². The number of nitro benzene ring substituents is 1. The van der Waals surface area contributed by atoms with Gasteiger partial charge in [0.2, 0.25) is 0 Å². The molecule has 6 nitrogen and oxygen atoms in total. The molecule has 0 amide bonds. The molecule has 0 aliphatic heterocycles. The zero-order chi connectivity index (χ0) is 20.3. The fraction of sp³-hybridized carbons (Fsp3) is 0.273. The maximum absolute atomic E-state index is 12.8. The highest BCUT2D eigenvalue weighted by Crippen LogP contribution is 2.40. The van der Waals surface area contributed by atoms with Crippen LogP contribution in [-0.4, -0.2) is 23.3 Å². The van der Waals surface area contributed by atoms with Gasteiger partial charge in [0, 0.05) is 18.1 Å². The number of hydrogen-bond donors (Lipinski definition) is 0. The van der Waals surface area contributed by atoms with E-state index in [2.05, 4.69) is 0 Å². The molecule has 0 heterocycles. The van der Waals surface area contributed by atoms with Crippen molar-refractivity contribution in [3.05, 3.63) is 81.4 Å². The lowest BCUT2D eigenvalue weighted by Gasteiger charge is -2.29. The van der Waals surface area contributed by atoms with E-state index in [0.29, 0.717) is 6.42 Å². The van der Waals surface area contributed by atoms with E-state index >= 15 is 0 Å². The standard InChI is InChI=1S/C22H21NO5/c1-3-28-22(25)21-19(16-6-4-14(2)5-7-16)12-17(13-20(21)24)15-8-10-18(11-9-15)23(26)27/h4-11,13,19,21H,3,12H2,1-2H3/t19-,21-/m1/s1. The molecule has 1 aliphatic carbocycles. The third-order valence-corrected chi connectivity index (χ3v) is 4.96. The first kappa shape index (κ1) is 19.5. The van der Waals surface area contributed by atoms with Gasteiger partial charge in [-0.25, -0.2) is 0 Å². The van der Waals surface area contributed by atoms with Crippen LogP contribution >= 0.6 is 0 Å². The van der Waals surface area contributed by atoms with Crippen LogP contribution in [0.4, 0.5) is 5.69 Å². The van der Waals surface area contributed by atoms with Crippen molar-refractivity contribution in [3.63, 3.8) is 0 Å². The summed E-state index contributed by atoms with van der Waals surface area (Å²) in [4.78, 5) is 35.7. The molecule has 0 saturated heterocycles. The largest absolute Gasteiger partial charge is 0.465 e. The van der Waals surface area contributed by atoms with Crippen molar-refractivity contribution in [1.82, 2.24) is 0 Å². The lowest BCUT2D eigenvalue weighted by molar-refractivity contribution is -0.384. The van der Waals surface area contributed by atoms with Crippen LogP contribution < -0.4 is 0 Å². The minimum Gasteiger partial charge on any atom is -0.465 e.